The van der Waals surface area contributed by atoms with E-state index in [4.69, 9.17) is 14.2 Å². The van der Waals surface area contributed by atoms with Crippen molar-refractivity contribution < 1.29 is 19.0 Å². The first kappa shape index (κ1) is 26.3. The van der Waals surface area contributed by atoms with E-state index in [1.54, 1.807) is 0 Å². The Hall–Kier alpha value is -1.75. The molecular weight excluding hydrogens is 378 g/mol. The van der Waals surface area contributed by atoms with Crippen molar-refractivity contribution in [1.82, 2.24) is 5.32 Å². The normalized spacial score (nSPS) is 13.7. The Kier molecular flexibility index (Phi) is 11.9. The summed E-state index contributed by atoms with van der Waals surface area (Å²) in [6, 6.07) is 8.29. The molecule has 5 heteroatoms. The first-order valence-electron chi connectivity index (χ1n) is 11.4. The van der Waals surface area contributed by atoms with E-state index in [1.807, 2.05) is 19.1 Å². The number of carbonyl (C=O) groups is 1. The van der Waals surface area contributed by atoms with Gasteiger partial charge in [0.15, 0.2) is 6.29 Å². The van der Waals surface area contributed by atoms with E-state index in [9.17, 15) is 4.79 Å². The second-order valence-electron chi connectivity index (χ2n) is 9.34. The minimum absolute atomic E-state index is 0.203. The zero-order valence-corrected chi connectivity index (χ0v) is 20.1. The predicted octanol–water partition coefficient (Wildman–Crippen LogP) is 6.52. The van der Waals surface area contributed by atoms with Crippen LogP contribution in [0.4, 0.5) is 4.79 Å². The molecule has 1 rings (SSSR count). The van der Waals surface area contributed by atoms with E-state index in [2.05, 4.69) is 59.0 Å². The Morgan fingerprint density at radius 1 is 1.00 bits per heavy atom. The highest BCUT2D eigenvalue weighted by molar-refractivity contribution is 5.66. The minimum atomic E-state index is -0.417. The number of amides is 1. The van der Waals surface area contributed by atoms with Gasteiger partial charge in [-0.05, 0) is 48.3 Å². The molecule has 1 aromatic carbocycles. The van der Waals surface area contributed by atoms with Crippen molar-refractivity contribution in [3.63, 3.8) is 0 Å². The molecule has 0 heterocycles. The molecular formula is C25H43NO4. The molecule has 0 bridgehead atoms. The third-order valence-electron chi connectivity index (χ3n) is 5.11. The topological polar surface area (TPSA) is 56.8 Å². The fourth-order valence-corrected chi connectivity index (χ4v) is 4.01. The number of carbonyl (C=O) groups excluding carboxylic acids is 1. The van der Waals surface area contributed by atoms with Gasteiger partial charge in [-0.1, -0.05) is 72.9 Å². The van der Waals surface area contributed by atoms with Crippen LogP contribution in [-0.4, -0.2) is 32.1 Å². The lowest BCUT2D eigenvalue weighted by molar-refractivity contribution is -0.0770. The maximum atomic E-state index is 11.6. The van der Waals surface area contributed by atoms with Crippen LogP contribution in [0.15, 0.2) is 24.3 Å². The van der Waals surface area contributed by atoms with E-state index in [0.717, 1.165) is 18.6 Å². The summed E-state index contributed by atoms with van der Waals surface area (Å²) >= 11 is 0. The quantitative estimate of drug-likeness (QED) is 0.291. The van der Waals surface area contributed by atoms with Crippen molar-refractivity contribution in [2.75, 3.05) is 19.8 Å². The van der Waals surface area contributed by atoms with E-state index >= 15 is 0 Å². The number of rotatable bonds is 13. The van der Waals surface area contributed by atoms with Crippen molar-refractivity contribution >= 4 is 6.09 Å². The van der Waals surface area contributed by atoms with Gasteiger partial charge in [0, 0.05) is 6.54 Å². The van der Waals surface area contributed by atoms with Gasteiger partial charge in [-0.2, -0.15) is 0 Å². The summed E-state index contributed by atoms with van der Waals surface area (Å²) in [4.78, 5) is 11.6. The predicted molar refractivity (Wildman–Crippen MR) is 123 cm³/mol. The van der Waals surface area contributed by atoms with Gasteiger partial charge < -0.3 is 19.5 Å². The molecule has 0 aromatic heterocycles. The molecule has 1 amide bonds. The van der Waals surface area contributed by atoms with Crippen LogP contribution in [0, 0.1) is 11.3 Å². The van der Waals surface area contributed by atoms with Gasteiger partial charge in [0.05, 0.1) is 6.61 Å². The molecule has 0 aliphatic rings. The van der Waals surface area contributed by atoms with Crippen LogP contribution in [-0.2, 0) is 9.47 Å². The maximum Gasteiger partial charge on any atom is 0.407 e. The summed E-state index contributed by atoms with van der Waals surface area (Å²) in [5.41, 5.74) is 1.53. The Labute approximate surface area is 183 Å². The molecule has 5 nitrogen and oxygen atoms in total. The average molecular weight is 422 g/mol. The molecule has 0 saturated heterocycles. The number of hydrogen-bond acceptors (Lipinski definition) is 4. The lowest BCUT2D eigenvalue weighted by Crippen LogP contribution is -2.27. The zero-order chi connectivity index (χ0) is 22.6. The van der Waals surface area contributed by atoms with Gasteiger partial charge >= 0.3 is 6.09 Å². The molecule has 0 spiro atoms. The molecule has 30 heavy (non-hydrogen) atoms. The van der Waals surface area contributed by atoms with E-state index < -0.39 is 12.4 Å². The Morgan fingerprint density at radius 2 is 1.67 bits per heavy atom. The average Bonchev–Trinajstić information content (AvgIpc) is 2.65. The van der Waals surface area contributed by atoms with Gasteiger partial charge in [-0.15, -0.1) is 0 Å². The van der Waals surface area contributed by atoms with Gasteiger partial charge in [0.1, 0.15) is 12.4 Å². The summed E-state index contributed by atoms with van der Waals surface area (Å²) < 4.78 is 16.5. The molecule has 0 fully saturated rings. The van der Waals surface area contributed by atoms with Crippen molar-refractivity contribution in [1.29, 1.82) is 0 Å². The van der Waals surface area contributed by atoms with Crippen molar-refractivity contribution in [3.05, 3.63) is 29.8 Å². The van der Waals surface area contributed by atoms with Crippen molar-refractivity contribution in [2.24, 2.45) is 11.3 Å². The fourth-order valence-electron chi connectivity index (χ4n) is 4.01. The molecule has 0 aliphatic heterocycles. The first-order valence-corrected chi connectivity index (χ1v) is 11.4. The molecule has 172 valence electrons. The zero-order valence-electron chi connectivity index (χ0n) is 20.1. The Balaban J connectivity index is 2.32. The fraction of sp³-hybridized carbons (Fsp3) is 0.720. The number of hydrogen-bond donors (Lipinski definition) is 1. The van der Waals surface area contributed by atoms with Gasteiger partial charge in [-0.3, -0.25) is 0 Å². The molecule has 0 aliphatic carbocycles. The van der Waals surface area contributed by atoms with E-state index in [0.29, 0.717) is 25.0 Å². The van der Waals surface area contributed by atoms with Crippen LogP contribution in [0.5, 0.6) is 5.75 Å². The van der Waals surface area contributed by atoms with Crippen LogP contribution in [0.2, 0.25) is 0 Å². The van der Waals surface area contributed by atoms with Crippen LogP contribution >= 0.6 is 0 Å². The smallest absolute Gasteiger partial charge is 0.407 e. The Morgan fingerprint density at radius 3 is 2.23 bits per heavy atom. The first-order chi connectivity index (χ1) is 14.1. The summed E-state index contributed by atoms with van der Waals surface area (Å²) in [7, 11) is 0. The molecule has 2 unspecified atom stereocenters. The van der Waals surface area contributed by atoms with Gasteiger partial charge in [0.2, 0.25) is 0 Å². The third-order valence-corrected chi connectivity index (χ3v) is 5.11. The second-order valence-corrected chi connectivity index (χ2v) is 9.34. The molecule has 2 atom stereocenters. The highest BCUT2D eigenvalue weighted by atomic mass is 16.7. The monoisotopic (exact) mass is 421 g/mol. The van der Waals surface area contributed by atoms with E-state index in [-0.39, 0.29) is 12.0 Å². The largest absolute Gasteiger partial charge is 0.465 e. The lowest BCUT2D eigenvalue weighted by Gasteiger charge is -2.34. The van der Waals surface area contributed by atoms with E-state index in [1.165, 1.54) is 18.4 Å². The number of nitrogens with one attached hydrogen (secondary N) is 1. The second kappa shape index (κ2) is 13.5. The van der Waals surface area contributed by atoms with Crippen LogP contribution < -0.4 is 10.1 Å². The van der Waals surface area contributed by atoms with Crippen molar-refractivity contribution in [3.8, 4) is 5.75 Å². The van der Waals surface area contributed by atoms with Crippen LogP contribution in [0.25, 0.3) is 0 Å². The maximum absolute atomic E-state index is 11.6. The van der Waals surface area contributed by atoms with Crippen molar-refractivity contribution in [2.45, 2.75) is 86.4 Å². The Bertz CT molecular complexity index is 592. The number of benzene rings is 1. The van der Waals surface area contributed by atoms with Gasteiger partial charge in [0.25, 0.3) is 0 Å². The highest BCUT2D eigenvalue weighted by Gasteiger charge is 2.28. The summed E-state index contributed by atoms with van der Waals surface area (Å²) in [6.45, 7) is 16.5. The SMILES string of the molecule is CCCCCCNC(=O)OCCOC(C)Oc1ccc(C(C(C)C)C(C)(C)C)cc1. The molecule has 0 radical (unpaired) electrons. The minimum Gasteiger partial charge on any atom is -0.465 e. The van der Waals surface area contributed by atoms with Crippen LogP contribution in [0.3, 0.4) is 0 Å². The summed E-state index contributed by atoms with van der Waals surface area (Å²) in [5.74, 6) is 1.82. The number of alkyl carbamates (subject to hydrolysis) is 1. The lowest BCUT2D eigenvalue weighted by atomic mass is 9.70. The highest BCUT2D eigenvalue weighted by Crippen LogP contribution is 2.40. The summed E-state index contributed by atoms with van der Waals surface area (Å²) in [5, 5.41) is 2.75. The number of ether oxygens (including phenoxy) is 3. The molecule has 1 N–H and O–H groups in total. The number of unbranched alkanes of at least 4 members (excludes halogenated alkanes) is 3. The standard InChI is InChI=1S/C25H43NO4/c1-8-9-10-11-16-26-24(27)29-18-17-28-20(4)30-22-14-12-21(13-15-22)23(19(2)3)25(5,6)7/h12-15,19-20,23H,8-11,16-18H2,1-7H3,(H,26,27). The summed E-state index contributed by atoms with van der Waals surface area (Å²) in [6.07, 6.45) is 3.68. The molecule has 1 aromatic rings. The van der Waals surface area contributed by atoms with Gasteiger partial charge in [-0.25, -0.2) is 4.79 Å². The molecule has 0 saturated carbocycles. The third kappa shape index (κ3) is 10.3. The van der Waals surface area contributed by atoms with Crippen LogP contribution in [0.1, 0.15) is 85.6 Å².